The molecule has 0 atom stereocenters. The molecule has 166 valence electrons. The highest BCUT2D eigenvalue weighted by Crippen LogP contribution is 2.33. The van der Waals surface area contributed by atoms with Gasteiger partial charge in [0.2, 0.25) is 5.91 Å². The Bertz CT molecular complexity index is 945. The number of ether oxygens (including phenoxy) is 2. The van der Waals surface area contributed by atoms with E-state index in [-0.39, 0.29) is 30.0 Å². The number of rotatable bonds is 9. The molecule has 0 heterocycles. The van der Waals surface area contributed by atoms with E-state index in [1.165, 1.54) is 19.2 Å². The predicted molar refractivity (Wildman–Crippen MR) is 107 cm³/mol. The second-order valence-corrected chi connectivity index (χ2v) is 6.81. The van der Waals surface area contributed by atoms with E-state index in [9.17, 15) is 27.6 Å². The third-order valence-electron chi connectivity index (χ3n) is 4.13. The molecule has 0 aromatic heterocycles. The molecule has 0 saturated carbocycles. The number of nitrogens with one attached hydrogen (secondary N) is 1. The van der Waals surface area contributed by atoms with Gasteiger partial charge < -0.3 is 14.8 Å². The molecule has 2 rings (SSSR count). The Morgan fingerprint density at radius 1 is 1.03 bits per heavy atom. The van der Waals surface area contributed by atoms with Crippen LogP contribution in [0.15, 0.2) is 42.5 Å². The molecule has 1 amide bonds. The SMILES string of the molecule is COc1ccc(C(=O)COC(=O)CCCC(=O)Nc2cc(C(F)(F)F)ccc2Cl)cc1. The Morgan fingerprint density at radius 2 is 1.71 bits per heavy atom. The van der Waals surface area contributed by atoms with Crippen LogP contribution in [0.4, 0.5) is 18.9 Å². The van der Waals surface area contributed by atoms with E-state index in [2.05, 4.69) is 5.32 Å². The summed E-state index contributed by atoms with van der Waals surface area (Å²) in [5.41, 5.74) is -0.766. The van der Waals surface area contributed by atoms with Gasteiger partial charge in [0.1, 0.15) is 5.75 Å². The molecule has 2 aromatic carbocycles. The van der Waals surface area contributed by atoms with Crippen LogP contribution in [0, 0.1) is 0 Å². The van der Waals surface area contributed by atoms with Crippen molar-refractivity contribution in [1.29, 1.82) is 0 Å². The fourth-order valence-electron chi connectivity index (χ4n) is 2.48. The number of benzene rings is 2. The molecule has 0 unspecified atom stereocenters. The number of carbonyl (C=O) groups excluding carboxylic acids is 3. The van der Waals surface area contributed by atoms with E-state index >= 15 is 0 Å². The molecule has 2 aromatic rings. The molecule has 10 heteroatoms. The van der Waals surface area contributed by atoms with Crippen LogP contribution in [0.3, 0.4) is 0 Å². The van der Waals surface area contributed by atoms with Gasteiger partial charge in [-0.1, -0.05) is 11.6 Å². The van der Waals surface area contributed by atoms with Crippen molar-refractivity contribution in [2.45, 2.75) is 25.4 Å². The van der Waals surface area contributed by atoms with Crippen LogP contribution in [-0.2, 0) is 20.5 Å². The van der Waals surface area contributed by atoms with Gasteiger partial charge >= 0.3 is 12.1 Å². The van der Waals surface area contributed by atoms with Gasteiger partial charge in [0.25, 0.3) is 0 Å². The second-order valence-electron chi connectivity index (χ2n) is 6.41. The highest BCUT2D eigenvalue weighted by Gasteiger charge is 2.31. The number of anilines is 1. The van der Waals surface area contributed by atoms with Gasteiger partial charge in [-0.25, -0.2) is 0 Å². The summed E-state index contributed by atoms with van der Waals surface area (Å²) in [5, 5.41) is 2.25. The Balaban J connectivity index is 1.75. The van der Waals surface area contributed by atoms with Crippen molar-refractivity contribution in [3.05, 3.63) is 58.6 Å². The van der Waals surface area contributed by atoms with Crippen LogP contribution in [0.1, 0.15) is 35.2 Å². The van der Waals surface area contributed by atoms with Gasteiger partial charge in [0.15, 0.2) is 12.4 Å². The first-order valence-corrected chi connectivity index (χ1v) is 9.47. The standard InChI is InChI=1S/C21H19ClF3NO5/c1-30-15-8-5-13(6-9-15)18(27)12-31-20(29)4-2-3-19(28)26-17-11-14(21(23,24)25)7-10-16(17)22/h5-11H,2-4,12H2,1H3,(H,26,28). The maximum atomic E-state index is 12.8. The lowest BCUT2D eigenvalue weighted by Gasteiger charge is -2.11. The molecule has 0 bridgehead atoms. The van der Waals surface area contributed by atoms with E-state index in [0.29, 0.717) is 11.3 Å². The molecule has 0 radical (unpaired) electrons. The highest BCUT2D eigenvalue weighted by molar-refractivity contribution is 6.33. The Kier molecular flexibility index (Phi) is 8.44. The first-order valence-electron chi connectivity index (χ1n) is 9.09. The number of alkyl halides is 3. The zero-order chi connectivity index (χ0) is 23.0. The summed E-state index contributed by atoms with van der Waals surface area (Å²) < 4.78 is 48.2. The predicted octanol–water partition coefficient (Wildman–Crippen LogP) is 4.90. The summed E-state index contributed by atoms with van der Waals surface area (Å²) in [6.07, 6.45) is -4.78. The fraction of sp³-hybridized carbons (Fsp3) is 0.286. The minimum atomic E-state index is -4.57. The van der Waals surface area contributed by atoms with E-state index in [0.717, 1.165) is 18.2 Å². The normalized spacial score (nSPS) is 11.0. The summed E-state index contributed by atoms with van der Waals surface area (Å²) in [4.78, 5) is 35.7. The Hall–Kier alpha value is -3.07. The molecule has 6 nitrogen and oxygen atoms in total. The number of ketones is 1. The van der Waals surface area contributed by atoms with E-state index < -0.39 is 36.0 Å². The molecule has 1 N–H and O–H groups in total. The number of carbonyl (C=O) groups is 3. The smallest absolute Gasteiger partial charge is 0.416 e. The third-order valence-corrected chi connectivity index (χ3v) is 4.46. The van der Waals surface area contributed by atoms with E-state index in [1.54, 1.807) is 12.1 Å². The molecule has 0 fully saturated rings. The first-order chi connectivity index (χ1) is 14.6. The number of esters is 1. The number of Topliss-reactive ketones (excluding diaryl/α,β-unsaturated/α-hetero) is 1. The molecule has 0 saturated heterocycles. The lowest BCUT2D eigenvalue weighted by molar-refractivity contribution is -0.142. The van der Waals surface area contributed by atoms with Crippen LogP contribution in [-0.4, -0.2) is 31.4 Å². The minimum Gasteiger partial charge on any atom is -0.497 e. The number of halogens is 4. The first kappa shape index (κ1) is 24.2. The summed E-state index contributed by atoms with van der Waals surface area (Å²) in [7, 11) is 1.49. The number of hydrogen-bond donors (Lipinski definition) is 1. The highest BCUT2D eigenvalue weighted by atomic mass is 35.5. The lowest BCUT2D eigenvalue weighted by Crippen LogP contribution is -2.16. The molecular formula is C21H19ClF3NO5. The van der Waals surface area contributed by atoms with Crippen LogP contribution in [0.25, 0.3) is 0 Å². The van der Waals surface area contributed by atoms with Crippen molar-refractivity contribution >= 4 is 34.9 Å². The zero-order valence-electron chi connectivity index (χ0n) is 16.4. The summed E-state index contributed by atoms with van der Waals surface area (Å²) in [6.45, 7) is -0.447. The largest absolute Gasteiger partial charge is 0.497 e. The van der Waals surface area contributed by atoms with E-state index in [4.69, 9.17) is 21.1 Å². The van der Waals surface area contributed by atoms with Gasteiger partial charge in [-0.3, -0.25) is 14.4 Å². The van der Waals surface area contributed by atoms with Crippen molar-refractivity contribution in [2.24, 2.45) is 0 Å². The maximum Gasteiger partial charge on any atom is 0.416 e. The number of methoxy groups -OCH3 is 1. The van der Waals surface area contributed by atoms with Gasteiger partial charge in [0.05, 0.1) is 23.4 Å². The van der Waals surface area contributed by atoms with Crippen LogP contribution < -0.4 is 10.1 Å². The minimum absolute atomic E-state index is 0.0437. The van der Waals surface area contributed by atoms with Gasteiger partial charge in [-0.15, -0.1) is 0 Å². The summed E-state index contributed by atoms with van der Waals surface area (Å²) in [5.74, 6) is -1.10. The molecule has 0 spiro atoms. The molecule has 0 aliphatic heterocycles. The molecule has 31 heavy (non-hydrogen) atoms. The van der Waals surface area contributed by atoms with Crippen molar-refractivity contribution in [1.82, 2.24) is 0 Å². The van der Waals surface area contributed by atoms with Crippen molar-refractivity contribution in [3.63, 3.8) is 0 Å². The third kappa shape index (κ3) is 7.60. The molecule has 0 aliphatic rings. The summed E-state index contributed by atoms with van der Waals surface area (Å²) >= 11 is 5.82. The quantitative estimate of drug-likeness (QED) is 0.428. The number of amides is 1. The summed E-state index contributed by atoms with van der Waals surface area (Å²) in [6, 6.07) is 8.86. The molecular weight excluding hydrogens is 439 g/mol. The second kappa shape index (κ2) is 10.8. The molecule has 0 aliphatic carbocycles. The average molecular weight is 458 g/mol. The van der Waals surface area contributed by atoms with Gasteiger partial charge in [-0.05, 0) is 48.9 Å². The maximum absolute atomic E-state index is 12.8. The Morgan fingerprint density at radius 3 is 2.32 bits per heavy atom. The van der Waals surface area contributed by atoms with Gasteiger partial charge in [0, 0.05) is 18.4 Å². The van der Waals surface area contributed by atoms with Crippen molar-refractivity contribution < 1.29 is 37.0 Å². The fourth-order valence-corrected chi connectivity index (χ4v) is 2.65. The Labute approximate surface area is 181 Å². The zero-order valence-corrected chi connectivity index (χ0v) is 17.2. The topological polar surface area (TPSA) is 81.7 Å². The van der Waals surface area contributed by atoms with Crippen molar-refractivity contribution in [3.8, 4) is 5.75 Å². The van der Waals surface area contributed by atoms with Crippen LogP contribution >= 0.6 is 11.6 Å². The van der Waals surface area contributed by atoms with Crippen LogP contribution in [0.2, 0.25) is 5.02 Å². The average Bonchev–Trinajstić information content (AvgIpc) is 2.72. The lowest BCUT2D eigenvalue weighted by atomic mass is 10.1. The van der Waals surface area contributed by atoms with Crippen molar-refractivity contribution in [2.75, 3.05) is 19.0 Å². The van der Waals surface area contributed by atoms with Crippen LogP contribution in [0.5, 0.6) is 5.75 Å². The monoisotopic (exact) mass is 457 g/mol. The van der Waals surface area contributed by atoms with E-state index in [1.807, 2.05) is 0 Å². The number of hydrogen-bond acceptors (Lipinski definition) is 5. The van der Waals surface area contributed by atoms with Gasteiger partial charge in [-0.2, -0.15) is 13.2 Å².